The molecule has 0 amide bonds. The molecule has 1 aromatic heterocycles. The van der Waals surface area contributed by atoms with Crippen molar-refractivity contribution in [2.75, 3.05) is 19.5 Å². The number of benzene rings is 2. The van der Waals surface area contributed by atoms with Crippen LogP contribution in [0, 0.1) is 0 Å². The van der Waals surface area contributed by atoms with Crippen LogP contribution in [0.2, 0.25) is 0 Å². The molecule has 0 fully saturated rings. The van der Waals surface area contributed by atoms with Gasteiger partial charge in [0, 0.05) is 5.56 Å². The first-order chi connectivity index (χ1) is 11.6. The third-order valence-corrected chi connectivity index (χ3v) is 3.87. The van der Waals surface area contributed by atoms with Gasteiger partial charge in [-0.05, 0) is 37.3 Å². The Morgan fingerprint density at radius 3 is 2.67 bits per heavy atom. The third-order valence-electron chi connectivity index (χ3n) is 3.87. The Bertz CT molecular complexity index is 921. The van der Waals surface area contributed by atoms with E-state index in [0.717, 1.165) is 17.1 Å². The van der Waals surface area contributed by atoms with Gasteiger partial charge in [-0.25, -0.2) is 4.98 Å². The average molecular weight is 325 g/mol. The third kappa shape index (κ3) is 3.03. The number of hydrogen-bond donors (Lipinski definition) is 2. The van der Waals surface area contributed by atoms with Gasteiger partial charge < -0.3 is 14.8 Å². The molecule has 0 aliphatic heterocycles. The molecule has 0 bridgehead atoms. The minimum absolute atomic E-state index is 0.139. The second kappa shape index (κ2) is 6.62. The smallest absolute Gasteiger partial charge is 0.260 e. The number of ether oxygens (including phenoxy) is 2. The number of hydrogen-bond acceptors (Lipinski definition) is 5. The van der Waals surface area contributed by atoms with Crippen molar-refractivity contribution in [2.45, 2.75) is 13.0 Å². The number of fused-ring (bicyclic) bond motifs is 1. The Balaban J connectivity index is 1.95. The number of rotatable bonds is 5. The van der Waals surface area contributed by atoms with Crippen LogP contribution in [0.4, 0.5) is 5.95 Å². The van der Waals surface area contributed by atoms with Gasteiger partial charge in [-0.1, -0.05) is 12.1 Å². The highest BCUT2D eigenvalue weighted by Gasteiger charge is 2.14. The monoisotopic (exact) mass is 325 g/mol. The van der Waals surface area contributed by atoms with E-state index >= 15 is 0 Å². The highest BCUT2D eigenvalue weighted by molar-refractivity contribution is 5.78. The quantitative estimate of drug-likeness (QED) is 0.754. The Labute approximate surface area is 139 Å². The molecule has 0 saturated carbocycles. The fourth-order valence-electron chi connectivity index (χ4n) is 2.62. The maximum Gasteiger partial charge on any atom is 0.260 e. The molecule has 24 heavy (non-hydrogen) atoms. The van der Waals surface area contributed by atoms with Gasteiger partial charge in [0.05, 0.1) is 31.2 Å². The normalized spacial score (nSPS) is 12.0. The molecule has 1 atom stereocenters. The average Bonchev–Trinajstić information content (AvgIpc) is 2.61. The first-order valence-electron chi connectivity index (χ1n) is 7.60. The number of aromatic amines is 1. The lowest BCUT2D eigenvalue weighted by Crippen LogP contribution is -2.16. The van der Waals surface area contributed by atoms with Gasteiger partial charge in [0.25, 0.3) is 5.56 Å². The van der Waals surface area contributed by atoms with Gasteiger partial charge in [-0.2, -0.15) is 0 Å². The Morgan fingerprint density at radius 2 is 1.92 bits per heavy atom. The molecule has 3 rings (SSSR count). The highest BCUT2D eigenvalue weighted by Crippen LogP contribution is 2.30. The van der Waals surface area contributed by atoms with Crippen molar-refractivity contribution in [3.63, 3.8) is 0 Å². The molecule has 3 aromatic rings. The van der Waals surface area contributed by atoms with Crippen LogP contribution in [0.5, 0.6) is 11.5 Å². The number of methoxy groups -OCH3 is 2. The lowest BCUT2D eigenvalue weighted by atomic mass is 10.1. The number of anilines is 1. The van der Waals surface area contributed by atoms with Gasteiger partial charge in [0.1, 0.15) is 11.5 Å². The van der Waals surface area contributed by atoms with E-state index in [2.05, 4.69) is 15.3 Å². The summed E-state index contributed by atoms with van der Waals surface area (Å²) in [6, 6.07) is 12.7. The van der Waals surface area contributed by atoms with E-state index < -0.39 is 0 Å². The minimum atomic E-state index is -0.173. The summed E-state index contributed by atoms with van der Waals surface area (Å²) in [4.78, 5) is 19.4. The summed E-state index contributed by atoms with van der Waals surface area (Å²) in [5, 5.41) is 3.78. The van der Waals surface area contributed by atoms with E-state index in [0.29, 0.717) is 16.9 Å². The van der Waals surface area contributed by atoms with E-state index in [9.17, 15) is 4.79 Å². The van der Waals surface area contributed by atoms with Crippen LogP contribution >= 0.6 is 0 Å². The summed E-state index contributed by atoms with van der Waals surface area (Å²) in [7, 11) is 3.24. The lowest BCUT2D eigenvalue weighted by molar-refractivity contribution is 0.397. The summed E-state index contributed by atoms with van der Waals surface area (Å²) in [5.74, 6) is 1.88. The Hall–Kier alpha value is -3.02. The summed E-state index contributed by atoms with van der Waals surface area (Å²) in [6.07, 6.45) is 0. The molecule has 0 spiro atoms. The zero-order valence-electron chi connectivity index (χ0n) is 13.8. The van der Waals surface area contributed by atoms with Crippen LogP contribution in [0.3, 0.4) is 0 Å². The van der Waals surface area contributed by atoms with Crippen molar-refractivity contribution >= 4 is 16.9 Å². The van der Waals surface area contributed by atoms with Gasteiger partial charge in [0.2, 0.25) is 5.95 Å². The van der Waals surface area contributed by atoms with E-state index in [1.165, 1.54) is 0 Å². The Morgan fingerprint density at radius 1 is 1.12 bits per heavy atom. The predicted molar refractivity (Wildman–Crippen MR) is 93.9 cm³/mol. The Kier molecular flexibility index (Phi) is 4.37. The first-order valence-corrected chi connectivity index (χ1v) is 7.60. The van der Waals surface area contributed by atoms with E-state index in [-0.39, 0.29) is 11.6 Å². The number of para-hydroxylation sites is 1. The fourth-order valence-corrected chi connectivity index (χ4v) is 2.62. The molecule has 1 heterocycles. The van der Waals surface area contributed by atoms with Crippen molar-refractivity contribution in [3.05, 3.63) is 58.4 Å². The van der Waals surface area contributed by atoms with Crippen LogP contribution in [0.25, 0.3) is 10.9 Å². The van der Waals surface area contributed by atoms with Crippen LogP contribution < -0.4 is 20.3 Å². The topological polar surface area (TPSA) is 76.2 Å². The molecule has 6 heteroatoms. The largest absolute Gasteiger partial charge is 0.497 e. The van der Waals surface area contributed by atoms with Crippen LogP contribution in [0.1, 0.15) is 18.5 Å². The summed E-state index contributed by atoms with van der Waals surface area (Å²) in [6.45, 7) is 1.96. The molecule has 124 valence electrons. The van der Waals surface area contributed by atoms with Crippen LogP contribution in [-0.4, -0.2) is 24.2 Å². The first kappa shape index (κ1) is 15.9. The lowest BCUT2D eigenvalue weighted by Gasteiger charge is -2.18. The standard InChI is InChI=1S/C18H19N3O3/c1-11(14-10-12(23-2)8-9-16(14)24-3)19-18-20-15-7-5-4-6-13(15)17(22)21-18/h4-11H,1-3H3,(H2,19,20,21,22)/t11-/m1/s1. The van der Waals surface area contributed by atoms with Crippen molar-refractivity contribution < 1.29 is 9.47 Å². The van der Waals surface area contributed by atoms with Crippen molar-refractivity contribution in [3.8, 4) is 11.5 Å². The van der Waals surface area contributed by atoms with E-state index in [4.69, 9.17) is 9.47 Å². The zero-order valence-corrected chi connectivity index (χ0v) is 13.8. The van der Waals surface area contributed by atoms with Gasteiger partial charge in [0.15, 0.2) is 0 Å². The van der Waals surface area contributed by atoms with Crippen molar-refractivity contribution in [1.29, 1.82) is 0 Å². The molecule has 6 nitrogen and oxygen atoms in total. The predicted octanol–water partition coefficient (Wildman–Crippen LogP) is 3.11. The summed E-state index contributed by atoms with van der Waals surface area (Å²) in [5.41, 5.74) is 1.38. The number of H-pyrrole nitrogens is 1. The fraction of sp³-hybridized carbons (Fsp3) is 0.222. The molecule has 0 aliphatic rings. The number of aromatic nitrogens is 2. The summed E-state index contributed by atoms with van der Waals surface area (Å²) >= 11 is 0. The maximum atomic E-state index is 12.2. The molecule has 0 unspecified atom stereocenters. The minimum Gasteiger partial charge on any atom is -0.497 e. The molecular weight excluding hydrogens is 306 g/mol. The maximum absolute atomic E-state index is 12.2. The molecule has 2 N–H and O–H groups in total. The molecular formula is C18H19N3O3. The van der Waals surface area contributed by atoms with Crippen molar-refractivity contribution in [1.82, 2.24) is 9.97 Å². The van der Waals surface area contributed by atoms with Gasteiger partial charge >= 0.3 is 0 Å². The van der Waals surface area contributed by atoms with Crippen LogP contribution in [-0.2, 0) is 0 Å². The number of nitrogens with one attached hydrogen (secondary N) is 2. The zero-order chi connectivity index (χ0) is 17.1. The highest BCUT2D eigenvalue weighted by atomic mass is 16.5. The molecule has 0 radical (unpaired) electrons. The second-order valence-electron chi connectivity index (χ2n) is 5.41. The second-order valence-corrected chi connectivity index (χ2v) is 5.41. The number of nitrogens with zero attached hydrogens (tertiary/aromatic N) is 1. The van der Waals surface area contributed by atoms with Crippen LogP contribution in [0.15, 0.2) is 47.3 Å². The van der Waals surface area contributed by atoms with Crippen molar-refractivity contribution in [2.24, 2.45) is 0 Å². The van der Waals surface area contributed by atoms with E-state index in [1.807, 2.05) is 43.3 Å². The summed E-state index contributed by atoms with van der Waals surface area (Å²) < 4.78 is 10.7. The SMILES string of the molecule is COc1ccc(OC)c([C@@H](C)Nc2nc3ccccc3c(=O)[nH]2)c1. The van der Waals surface area contributed by atoms with E-state index in [1.54, 1.807) is 20.3 Å². The molecule has 2 aromatic carbocycles. The molecule has 0 saturated heterocycles. The molecule has 0 aliphatic carbocycles. The van der Waals surface area contributed by atoms with Gasteiger partial charge in [-0.3, -0.25) is 9.78 Å². The van der Waals surface area contributed by atoms with Gasteiger partial charge in [-0.15, -0.1) is 0 Å².